The van der Waals surface area contributed by atoms with E-state index in [0.29, 0.717) is 0 Å². The quantitative estimate of drug-likeness (QED) is 0.566. The zero-order chi connectivity index (χ0) is 9.52. The molecule has 1 aromatic rings. The Morgan fingerprint density at radius 1 is 1.38 bits per heavy atom. The van der Waals surface area contributed by atoms with Crippen molar-refractivity contribution >= 4 is 34.4 Å². The lowest BCUT2D eigenvalue weighted by molar-refractivity contribution is 0.960. The van der Waals surface area contributed by atoms with Crippen molar-refractivity contribution in [2.45, 2.75) is 24.7 Å². The van der Waals surface area contributed by atoms with E-state index in [-0.39, 0.29) is 0 Å². The molecule has 0 amide bonds. The molecule has 0 aliphatic carbocycles. The Labute approximate surface area is 98.0 Å². The van der Waals surface area contributed by atoms with Gasteiger partial charge in [-0.2, -0.15) is 0 Å². The molecule has 0 bridgehead atoms. The number of allylic oxidation sites excluding steroid dienone is 1. The molecule has 0 nitrogen and oxygen atoms in total. The Kier molecular flexibility index (Phi) is 5.55. The van der Waals surface area contributed by atoms with Crippen LogP contribution in [0.2, 0.25) is 0 Å². The summed E-state index contributed by atoms with van der Waals surface area (Å²) in [6.45, 7) is 2.20. The van der Waals surface area contributed by atoms with Crippen LogP contribution in [0.1, 0.15) is 19.8 Å². The Balaban J connectivity index is 2.50. The van der Waals surface area contributed by atoms with Crippen LogP contribution in [0.15, 0.2) is 44.2 Å². The lowest BCUT2D eigenvalue weighted by Crippen LogP contribution is -1.69. The molecule has 0 radical (unpaired) electrons. The minimum atomic E-state index is 1.18. The third-order valence-electron chi connectivity index (χ3n) is 1.55. The first-order valence-electron chi connectivity index (χ1n) is 4.41. The van der Waals surface area contributed by atoms with Gasteiger partial charge in [0.15, 0.2) is 0 Å². The summed E-state index contributed by atoms with van der Waals surface area (Å²) < 4.78 is 1.37. The number of hydrogen-bond acceptors (Lipinski definition) is 1. The second-order valence-electron chi connectivity index (χ2n) is 2.71. The first kappa shape index (κ1) is 11.1. The molecule has 0 heterocycles. The molecule has 0 unspecified atom stereocenters. The number of benzene rings is 1. The highest BCUT2D eigenvalue weighted by molar-refractivity contribution is 14.1. The summed E-state index contributed by atoms with van der Waals surface area (Å²) in [4.78, 5) is 1.32. The van der Waals surface area contributed by atoms with Crippen molar-refractivity contribution in [3.63, 3.8) is 0 Å². The molecule has 0 aromatic heterocycles. The van der Waals surface area contributed by atoms with Gasteiger partial charge in [0.25, 0.3) is 0 Å². The molecule has 0 saturated heterocycles. The van der Waals surface area contributed by atoms with Gasteiger partial charge in [-0.05, 0) is 41.1 Å². The van der Waals surface area contributed by atoms with E-state index >= 15 is 0 Å². The number of halogens is 1. The van der Waals surface area contributed by atoms with Crippen molar-refractivity contribution in [3.05, 3.63) is 39.3 Å². The normalized spacial score (nSPS) is 11.7. The first-order chi connectivity index (χ1) is 6.33. The van der Waals surface area contributed by atoms with Crippen molar-refractivity contribution in [1.29, 1.82) is 0 Å². The summed E-state index contributed by atoms with van der Waals surface area (Å²) in [6.07, 6.45) is 4.69. The minimum Gasteiger partial charge on any atom is -0.0838 e. The first-order valence-corrected chi connectivity index (χ1v) is 6.31. The molecule has 0 aliphatic heterocycles. The number of thioether (sulfide) groups is 1. The Morgan fingerprint density at radius 2 is 2.08 bits per heavy atom. The van der Waals surface area contributed by atoms with E-state index < -0.39 is 0 Å². The summed E-state index contributed by atoms with van der Waals surface area (Å²) >= 11 is 4.22. The zero-order valence-electron chi connectivity index (χ0n) is 7.66. The van der Waals surface area contributed by atoms with Gasteiger partial charge < -0.3 is 0 Å². The molecular weight excluding hydrogens is 291 g/mol. The van der Waals surface area contributed by atoms with Crippen LogP contribution in [-0.2, 0) is 0 Å². The minimum absolute atomic E-state index is 1.18. The maximum Gasteiger partial charge on any atom is 0.0466 e. The summed E-state index contributed by atoms with van der Waals surface area (Å²) in [7, 11) is 0. The monoisotopic (exact) mass is 304 g/mol. The lowest BCUT2D eigenvalue weighted by Gasteiger charge is -1.98. The van der Waals surface area contributed by atoms with Crippen LogP contribution in [0, 0.1) is 0 Å². The Bertz CT molecular complexity index is 267. The third-order valence-corrected chi connectivity index (χ3v) is 3.52. The topological polar surface area (TPSA) is 0 Å². The van der Waals surface area contributed by atoms with Crippen molar-refractivity contribution in [2.75, 3.05) is 0 Å². The zero-order valence-corrected chi connectivity index (χ0v) is 10.6. The molecule has 70 valence electrons. The second-order valence-corrected chi connectivity index (χ2v) is 5.72. The average molecular weight is 304 g/mol. The molecule has 0 N–H and O–H groups in total. The predicted molar refractivity (Wildman–Crippen MR) is 69.3 cm³/mol. The van der Waals surface area contributed by atoms with E-state index in [0.717, 1.165) is 0 Å². The maximum absolute atomic E-state index is 2.39. The van der Waals surface area contributed by atoms with Crippen LogP contribution in [0.3, 0.4) is 0 Å². The molecule has 0 fully saturated rings. The van der Waals surface area contributed by atoms with Gasteiger partial charge in [-0.15, -0.1) is 0 Å². The van der Waals surface area contributed by atoms with Crippen LogP contribution in [0.25, 0.3) is 0 Å². The highest BCUT2D eigenvalue weighted by Gasteiger charge is 1.94. The molecule has 1 aromatic carbocycles. The molecule has 0 saturated carbocycles. The van der Waals surface area contributed by atoms with E-state index in [4.69, 9.17) is 0 Å². The van der Waals surface area contributed by atoms with Crippen molar-refractivity contribution in [2.24, 2.45) is 0 Å². The largest absolute Gasteiger partial charge is 0.0838 e. The molecular formula is C11H13IS. The number of unbranched alkanes of at least 4 members (excludes halogenated alkanes) is 1. The van der Waals surface area contributed by atoms with Crippen molar-refractivity contribution in [1.82, 2.24) is 0 Å². The number of hydrogen-bond donors (Lipinski definition) is 0. The molecule has 0 aliphatic rings. The van der Waals surface area contributed by atoms with Gasteiger partial charge >= 0.3 is 0 Å². The van der Waals surface area contributed by atoms with E-state index in [9.17, 15) is 0 Å². The Hall–Kier alpha value is 0.0400. The fraction of sp³-hybridized carbons (Fsp3) is 0.273. The lowest BCUT2D eigenvalue weighted by atomic mass is 10.3. The SMILES string of the molecule is CCC/C=C(/I)Sc1ccccc1. The van der Waals surface area contributed by atoms with E-state index in [1.165, 1.54) is 20.6 Å². The average Bonchev–Trinajstić information content (AvgIpc) is 2.16. The standard InChI is InChI=1S/C11H13IS/c1-2-3-9-11(12)13-10-7-5-4-6-8-10/h4-9H,2-3H2,1H3/b11-9-. The fourth-order valence-electron chi connectivity index (χ4n) is 0.901. The molecule has 0 spiro atoms. The van der Waals surface area contributed by atoms with Gasteiger partial charge in [-0.25, -0.2) is 0 Å². The van der Waals surface area contributed by atoms with Crippen LogP contribution < -0.4 is 0 Å². The summed E-state index contributed by atoms with van der Waals surface area (Å²) in [5.74, 6) is 0. The smallest absolute Gasteiger partial charge is 0.0466 e. The van der Waals surface area contributed by atoms with Crippen molar-refractivity contribution in [3.8, 4) is 0 Å². The maximum atomic E-state index is 2.39. The molecule has 2 heteroatoms. The van der Waals surface area contributed by atoms with Gasteiger partial charge in [-0.3, -0.25) is 0 Å². The van der Waals surface area contributed by atoms with Crippen LogP contribution in [0.5, 0.6) is 0 Å². The van der Waals surface area contributed by atoms with Gasteiger partial charge in [0.05, 0.1) is 0 Å². The fourth-order valence-corrected chi connectivity index (χ4v) is 2.69. The molecule has 0 atom stereocenters. The van der Waals surface area contributed by atoms with Crippen LogP contribution in [0.4, 0.5) is 0 Å². The van der Waals surface area contributed by atoms with Crippen LogP contribution >= 0.6 is 34.4 Å². The highest BCUT2D eigenvalue weighted by Crippen LogP contribution is 2.31. The van der Waals surface area contributed by atoms with E-state index in [1.807, 2.05) is 17.8 Å². The third kappa shape index (κ3) is 4.72. The Morgan fingerprint density at radius 3 is 2.69 bits per heavy atom. The van der Waals surface area contributed by atoms with Gasteiger partial charge in [0.2, 0.25) is 0 Å². The molecule has 13 heavy (non-hydrogen) atoms. The van der Waals surface area contributed by atoms with E-state index in [2.05, 4.69) is 59.9 Å². The summed E-state index contributed by atoms with van der Waals surface area (Å²) in [5.41, 5.74) is 0. The van der Waals surface area contributed by atoms with Crippen molar-refractivity contribution < 1.29 is 0 Å². The van der Waals surface area contributed by atoms with Gasteiger partial charge in [-0.1, -0.05) is 49.4 Å². The predicted octanol–water partition coefficient (Wildman–Crippen LogP) is 4.86. The van der Waals surface area contributed by atoms with Gasteiger partial charge in [0, 0.05) is 7.81 Å². The number of rotatable bonds is 4. The van der Waals surface area contributed by atoms with Crippen LogP contribution in [-0.4, -0.2) is 0 Å². The van der Waals surface area contributed by atoms with Gasteiger partial charge in [0.1, 0.15) is 0 Å². The van der Waals surface area contributed by atoms with E-state index in [1.54, 1.807) is 0 Å². The second kappa shape index (κ2) is 6.49. The highest BCUT2D eigenvalue weighted by atomic mass is 127. The molecule has 1 rings (SSSR count). The summed E-state index contributed by atoms with van der Waals surface area (Å²) in [6, 6.07) is 10.5. The summed E-state index contributed by atoms with van der Waals surface area (Å²) in [5, 5.41) is 0.